The number of carbonyl (C=O) groups excluding carboxylic acids is 1. The van der Waals surface area contributed by atoms with Crippen LogP contribution in [-0.4, -0.2) is 41.2 Å². The predicted molar refractivity (Wildman–Crippen MR) is 77.7 cm³/mol. The van der Waals surface area contributed by atoms with Crippen LogP contribution in [0.25, 0.3) is 0 Å². The van der Waals surface area contributed by atoms with Crippen molar-refractivity contribution in [2.75, 3.05) is 20.2 Å². The summed E-state index contributed by atoms with van der Waals surface area (Å²) in [6.45, 7) is 1.70. The summed E-state index contributed by atoms with van der Waals surface area (Å²) in [6, 6.07) is 9.15. The Kier molecular flexibility index (Phi) is 3.87. The quantitative estimate of drug-likeness (QED) is 0.886. The van der Waals surface area contributed by atoms with Crippen LogP contribution in [0.1, 0.15) is 17.3 Å². The van der Waals surface area contributed by atoms with Crippen LogP contribution in [-0.2, 0) is 11.3 Å². The van der Waals surface area contributed by atoms with E-state index in [1.54, 1.807) is 18.1 Å². The third-order valence-corrected chi connectivity index (χ3v) is 3.53. The molecule has 0 radical (unpaired) electrons. The number of hydrogen-bond acceptors (Lipinski definition) is 4. The third kappa shape index (κ3) is 2.90. The van der Waals surface area contributed by atoms with Gasteiger partial charge in [0.05, 0.1) is 12.2 Å². The van der Waals surface area contributed by atoms with Gasteiger partial charge in [-0.2, -0.15) is 5.10 Å². The summed E-state index contributed by atoms with van der Waals surface area (Å²) in [5.41, 5.74) is 1.79. The average molecular weight is 286 g/mol. The Morgan fingerprint density at radius 3 is 3.10 bits per heavy atom. The molecule has 0 aliphatic carbocycles. The molecule has 0 spiro atoms. The molecule has 0 saturated carbocycles. The smallest absolute Gasteiger partial charge is 0.244 e. The van der Waals surface area contributed by atoms with Crippen molar-refractivity contribution < 1.29 is 9.53 Å². The fourth-order valence-corrected chi connectivity index (χ4v) is 2.47. The van der Waals surface area contributed by atoms with E-state index in [1.165, 1.54) is 0 Å². The van der Waals surface area contributed by atoms with Gasteiger partial charge in [0.2, 0.25) is 5.91 Å². The van der Waals surface area contributed by atoms with Gasteiger partial charge in [-0.05, 0) is 12.1 Å². The zero-order valence-corrected chi connectivity index (χ0v) is 11.9. The lowest BCUT2D eigenvalue weighted by Gasteiger charge is -2.23. The molecule has 3 rings (SSSR count). The van der Waals surface area contributed by atoms with Crippen LogP contribution in [0.2, 0.25) is 0 Å². The summed E-state index contributed by atoms with van der Waals surface area (Å²) in [5.74, 6) is 0.790. The van der Waals surface area contributed by atoms with E-state index >= 15 is 0 Å². The minimum absolute atomic E-state index is 0.0163. The van der Waals surface area contributed by atoms with E-state index < -0.39 is 0 Å². The summed E-state index contributed by atoms with van der Waals surface area (Å²) < 4.78 is 5.67. The van der Waals surface area contributed by atoms with Crippen LogP contribution in [0.3, 0.4) is 0 Å². The topological polar surface area (TPSA) is 70.2 Å². The average Bonchev–Trinajstić information content (AvgIpc) is 2.91. The molecule has 2 N–H and O–H groups in total. The largest absolute Gasteiger partial charge is 0.492 e. The molecule has 1 atom stereocenters. The molecular formula is C15H18N4O2. The Morgan fingerprint density at radius 1 is 1.43 bits per heavy atom. The molecule has 1 aromatic carbocycles. The highest BCUT2D eigenvalue weighted by Gasteiger charge is 2.28. The molecule has 6 heteroatoms. The number of para-hydroxylation sites is 1. The minimum Gasteiger partial charge on any atom is -0.492 e. The van der Waals surface area contributed by atoms with Gasteiger partial charge in [0.15, 0.2) is 0 Å². The van der Waals surface area contributed by atoms with Gasteiger partial charge in [0.25, 0.3) is 0 Å². The minimum atomic E-state index is -0.378. The van der Waals surface area contributed by atoms with E-state index in [2.05, 4.69) is 15.5 Å². The molecule has 0 saturated heterocycles. The molecule has 0 fully saturated rings. The summed E-state index contributed by atoms with van der Waals surface area (Å²) >= 11 is 0. The second-order valence-electron chi connectivity index (χ2n) is 5.05. The molecule has 1 amide bonds. The van der Waals surface area contributed by atoms with Crippen molar-refractivity contribution in [1.29, 1.82) is 0 Å². The summed E-state index contributed by atoms with van der Waals surface area (Å²) in [6.07, 6.45) is 1.68. The normalized spacial score (nSPS) is 17.5. The van der Waals surface area contributed by atoms with Crippen LogP contribution in [0, 0.1) is 0 Å². The number of aromatic nitrogens is 2. The van der Waals surface area contributed by atoms with Gasteiger partial charge < -0.3 is 9.64 Å². The molecule has 110 valence electrons. The summed E-state index contributed by atoms with van der Waals surface area (Å²) in [7, 11) is 1.79. The zero-order valence-electron chi connectivity index (χ0n) is 11.9. The maximum atomic E-state index is 12.7. The van der Waals surface area contributed by atoms with Crippen LogP contribution < -0.4 is 10.1 Å². The molecule has 2 aromatic rings. The fraction of sp³-hybridized carbons (Fsp3) is 0.333. The molecule has 1 aliphatic rings. The van der Waals surface area contributed by atoms with Gasteiger partial charge >= 0.3 is 0 Å². The van der Waals surface area contributed by atoms with Crippen molar-refractivity contribution >= 4 is 5.91 Å². The van der Waals surface area contributed by atoms with Gasteiger partial charge in [-0.15, -0.1) is 0 Å². The number of hydrogen-bond donors (Lipinski definition) is 2. The predicted octanol–water partition coefficient (Wildman–Crippen LogP) is 1.09. The van der Waals surface area contributed by atoms with Crippen LogP contribution in [0.15, 0.2) is 36.5 Å². The van der Waals surface area contributed by atoms with Gasteiger partial charge in [0.1, 0.15) is 18.4 Å². The van der Waals surface area contributed by atoms with E-state index in [4.69, 9.17) is 4.74 Å². The number of likely N-dealkylation sites (N-methyl/N-ethyl adjacent to an activating group) is 1. The SMILES string of the molecule is CN(Cc1ccn[nH]1)C(=O)C1NCCOc2ccccc21. The Balaban J connectivity index is 1.80. The Morgan fingerprint density at radius 2 is 2.29 bits per heavy atom. The Bertz CT molecular complexity index is 612. The van der Waals surface area contributed by atoms with Crippen molar-refractivity contribution in [2.24, 2.45) is 0 Å². The number of nitrogens with zero attached hydrogens (tertiary/aromatic N) is 2. The van der Waals surface area contributed by atoms with Gasteiger partial charge in [-0.25, -0.2) is 0 Å². The second-order valence-corrected chi connectivity index (χ2v) is 5.05. The summed E-state index contributed by atoms with van der Waals surface area (Å²) in [5, 5.41) is 10.0. The molecule has 21 heavy (non-hydrogen) atoms. The first kappa shape index (κ1) is 13.6. The zero-order chi connectivity index (χ0) is 14.7. The molecule has 1 aromatic heterocycles. The number of benzene rings is 1. The standard InChI is InChI=1S/C15H18N4O2/c1-19(10-11-6-7-17-18-11)15(20)14-12-4-2-3-5-13(12)21-9-8-16-14/h2-7,14,16H,8-10H2,1H3,(H,17,18). The number of H-pyrrole nitrogens is 1. The van der Waals surface area contributed by atoms with Crippen molar-refractivity contribution in [2.45, 2.75) is 12.6 Å². The van der Waals surface area contributed by atoms with E-state index in [-0.39, 0.29) is 11.9 Å². The second kappa shape index (κ2) is 5.97. The maximum Gasteiger partial charge on any atom is 0.244 e. The van der Waals surface area contributed by atoms with Crippen LogP contribution in [0.5, 0.6) is 5.75 Å². The highest BCUT2D eigenvalue weighted by atomic mass is 16.5. The monoisotopic (exact) mass is 286 g/mol. The van der Waals surface area contributed by atoms with Crippen LogP contribution >= 0.6 is 0 Å². The van der Waals surface area contributed by atoms with Crippen molar-refractivity contribution in [3.05, 3.63) is 47.8 Å². The number of carbonyl (C=O) groups is 1. The fourth-order valence-electron chi connectivity index (χ4n) is 2.47. The molecule has 6 nitrogen and oxygen atoms in total. The lowest BCUT2D eigenvalue weighted by molar-refractivity contribution is -0.132. The first-order valence-electron chi connectivity index (χ1n) is 6.94. The molecule has 2 heterocycles. The molecule has 0 bridgehead atoms. The Hall–Kier alpha value is -2.34. The van der Waals surface area contributed by atoms with Gasteiger partial charge in [-0.1, -0.05) is 18.2 Å². The van der Waals surface area contributed by atoms with E-state index in [9.17, 15) is 4.79 Å². The number of ether oxygens (including phenoxy) is 1. The highest BCUT2D eigenvalue weighted by molar-refractivity contribution is 5.84. The number of amides is 1. The van der Waals surface area contributed by atoms with Crippen LogP contribution in [0.4, 0.5) is 0 Å². The number of fused-ring (bicyclic) bond motifs is 1. The third-order valence-electron chi connectivity index (χ3n) is 3.53. The number of rotatable bonds is 3. The van der Waals surface area contributed by atoms with E-state index in [1.807, 2.05) is 30.3 Å². The molecular weight excluding hydrogens is 268 g/mol. The van der Waals surface area contributed by atoms with Crippen molar-refractivity contribution in [3.8, 4) is 5.75 Å². The maximum absolute atomic E-state index is 12.7. The lowest BCUT2D eigenvalue weighted by Crippen LogP contribution is -2.38. The van der Waals surface area contributed by atoms with Gasteiger partial charge in [0, 0.05) is 25.4 Å². The highest BCUT2D eigenvalue weighted by Crippen LogP contribution is 2.28. The Labute approximate surface area is 123 Å². The van der Waals surface area contributed by atoms with E-state index in [0.717, 1.165) is 17.0 Å². The molecule has 1 aliphatic heterocycles. The first-order chi connectivity index (χ1) is 10.3. The van der Waals surface area contributed by atoms with Crippen molar-refractivity contribution in [1.82, 2.24) is 20.4 Å². The number of nitrogens with one attached hydrogen (secondary N) is 2. The van der Waals surface area contributed by atoms with E-state index in [0.29, 0.717) is 19.7 Å². The number of aromatic amines is 1. The molecule has 1 unspecified atom stereocenters. The van der Waals surface area contributed by atoms with Crippen molar-refractivity contribution in [3.63, 3.8) is 0 Å². The van der Waals surface area contributed by atoms with Gasteiger partial charge in [-0.3, -0.25) is 15.2 Å². The summed E-state index contributed by atoms with van der Waals surface area (Å²) in [4.78, 5) is 14.4. The lowest BCUT2D eigenvalue weighted by atomic mass is 10.0. The first-order valence-corrected chi connectivity index (χ1v) is 6.94.